The van der Waals surface area contributed by atoms with E-state index in [4.69, 9.17) is 0 Å². The predicted molar refractivity (Wildman–Crippen MR) is 75.2 cm³/mol. The van der Waals surface area contributed by atoms with E-state index in [1.807, 2.05) is 6.92 Å². The summed E-state index contributed by atoms with van der Waals surface area (Å²) in [7, 11) is 0. The first-order valence-electron chi connectivity index (χ1n) is 6.20. The van der Waals surface area contributed by atoms with Gasteiger partial charge in [-0.15, -0.1) is 11.3 Å². The molecule has 19 heavy (non-hydrogen) atoms. The van der Waals surface area contributed by atoms with Crippen molar-refractivity contribution in [2.45, 2.75) is 38.8 Å². The van der Waals surface area contributed by atoms with Crippen molar-refractivity contribution >= 4 is 23.2 Å². The third kappa shape index (κ3) is 5.00. The Morgan fingerprint density at radius 3 is 2.74 bits per heavy atom. The summed E-state index contributed by atoms with van der Waals surface area (Å²) in [5.74, 6) is -0.571. The molecule has 2 amide bonds. The third-order valence-electron chi connectivity index (χ3n) is 2.89. The van der Waals surface area contributed by atoms with Gasteiger partial charge in [0.15, 0.2) is 0 Å². The van der Waals surface area contributed by atoms with Crippen molar-refractivity contribution in [1.29, 1.82) is 0 Å². The lowest BCUT2D eigenvalue weighted by Gasteiger charge is -2.23. The molecule has 0 saturated carbocycles. The summed E-state index contributed by atoms with van der Waals surface area (Å²) < 4.78 is 0. The van der Waals surface area contributed by atoms with Crippen LogP contribution in [0.1, 0.15) is 36.9 Å². The van der Waals surface area contributed by atoms with Crippen molar-refractivity contribution in [3.63, 3.8) is 0 Å². The van der Waals surface area contributed by atoms with Crippen LogP contribution in [0.3, 0.4) is 0 Å². The number of carbonyl (C=O) groups excluding carboxylic acids is 2. The van der Waals surface area contributed by atoms with E-state index in [-0.39, 0.29) is 18.4 Å². The van der Waals surface area contributed by atoms with Crippen LogP contribution in [-0.2, 0) is 4.79 Å². The normalized spacial score (nSPS) is 15.4. The van der Waals surface area contributed by atoms with E-state index in [1.165, 1.54) is 11.3 Å². The minimum atomic E-state index is -0.923. The largest absolute Gasteiger partial charge is 0.388 e. The molecule has 0 spiro atoms. The van der Waals surface area contributed by atoms with Crippen LogP contribution >= 0.6 is 11.3 Å². The van der Waals surface area contributed by atoms with Crippen molar-refractivity contribution < 1.29 is 14.7 Å². The summed E-state index contributed by atoms with van der Waals surface area (Å²) in [6.45, 7) is 5.28. The fourth-order valence-electron chi connectivity index (χ4n) is 1.30. The molecule has 3 N–H and O–H groups in total. The van der Waals surface area contributed by atoms with Gasteiger partial charge in [-0.25, -0.2) is 0 Å². The highest BCUT2D eigenvalue weighted by Crippen LogP contribution is 2.08. The maximum Gasteiger partial charge on any atom is 0.261 e. The minimum absolute atomic E-state index is 0.168. The Hall–Kier alpha value is -1.40. The van der Waals surface area contributed by atoms with Crippen LogP contribution in [0.15, 0.2) is 17.5 Å². The monoisotopic (exact) mass is 284 g/mol. The average molecular weight is 284 g/mol. The van der Waals surface area contributed by atoms with Crippen LogP contribution in [0.2, 0.25) is 0 Å². The summed E-state index contributed by atoms with van der Waals surface area (Å²) in [4.78, 5) is 24.1. The van der Waals surface area contributed by atoms with Gasteiger partial charge in [0.25, 0.3) is 5.91 Å². The zero-order valence-corrected chi connectivity index (χ0v) is 12.2. The molecule has 106 valence electrons. The fourth-order valence-corrected chi connectivity index (χ4v) is 1.92. The molecule has 2 atom stereocenters. The van der Waals surface area contributed by atoms with Crippen LogP contribution in [0.25, 0.3) is 0 Å². The molecule has 1 rings (SSSR count). The maximum absolute atomic E-state index is 11.8. The Morgan fingerprint density at radius 2 is 2.21 bits per heavy atom. The van der Waals surface area contributed by atoms with Gasteiger partial charge in [-0.2, -0.15) is 0 Å². The van der Waals surface area contributed by atoms with E-state index in [9.17, 15) is 14.7 Å². The summed E-state index contributed by atoms with van der Waals surface area (Å²) in [5, 5.41) is 16.8. The number of carbonyl (C=O) groups is 2. The van der Waals surface area contributed by atoms with Crippen molar-refractivity contribution in [1.82, 2.24) is 10.6 Å². The molecule has 5 nitrogen and oxygen atoms in total. The van der Waals surface area contributed by atoms with Gasteiger partial charge >= 0.3 is 0 Å². The number of hydrogen-bond donors (Lipinski definition) is 3. The molecular formula is C13H20N2O3S. The first kappa shape index (κ1) is 15.7. The number of rotatable bonds is 6. The van der Waals surface area contributed by atoms with Gasteiger partial charge in [0.1, 0.15) is 6.04 Å². The number of nitrogens with one attached hydrogen (secondary N) is 2. The van der Waals surface area contributed by atoms with E-state index in [0.29, 0.717) is 11.3 Å². The van der Waals surface area contributed by atoms with Gasteiger partial charge in [-0.3, -0.25) is 9.59 Å². The minimum Gasteiger partial charge on any atom is -0.388 e. The van der Waals surface area contributed by atoms with Gasteiger partial charge < -0.3 is 15.7 Å². The molecule has 0 fully saturated rings. The summed E-state index contributed by atoms with van der Waals surface area (Å²) >= 11 is 1.32. The zero-order chi connectivity index (χ0) is 14.5. The van der Waals surface area contributed by atoms with E-state index >= 15 is 0 Å². The first-order chi connectivity index (χ1) is 8.85. The molecule has 0 radical (unpaired) electrons. The molecule has 0 aliphatic heterocycles. The molecule has 0 bridgehead atoms. The highest BCUT2D eigenvalue weighted by atomic mass is 32.1. The topological polar surface area (TPSA) is 78.4 Å². The molecule has 1 aromatic heterocycles. The summed E-state index contributed by atoms with van der Waals surface area (Å²) in [6, 6.07) is 2.84. The average Bonchev–Trinajstić information content (AvgIpc) is 2.89. The first-order valence-corrected chi connectivity index (χ1v) is 7.08. The molecule has 1 heterocycles. The maximum atomic E-state index is 11.8. The van der Waals surface area contributed by atoms with E-state index in [2.05, 4.69) is 10.6 Å². The summed E-state index contributed by atoms with van der Waals surface area (Å²) in [6.07, 6.45) is 0.545. The number of thiophene rings is 1. The highest BCUT2D eigenvalue weighted by molar-refractivity contribution is 7.12. The second kappa shape index (κ2) is 6.68. The van der Waals surface area contributed by atoms with Gasteiger partial charge in [-0.05, 0) is 31.7 Å². The van der Waals surface area contributed by atoms with Crippen molar-refractivity contribution in [3.05, 3.63) is 22.4 Å². The molecule has 0 aliphatic rings. The van der Waals surface area contributed by atoms with Crippen molar-refractivity contribution in [3.8, 4) is 0 Å². The molecule has 0 aliphatic carbocycles. The molecule has 2 unspecified atom stereocenters. The highest BCUT2D eigenvalue weighted by Gasteiger charge is 2.21. The van der Waals surface area contributed by atoms with Crippen molar-refractivity contribution in [2.75, 3.05) is 6.54 Å². The fraction of sp³-hybridized carbons (Fsp3) is 0.538. The quantitative estimate of drug-likeness (QED) is 0.733. The van der Waals surface area contributed by atoms with Crippen molar-refractivity contribution in [2.24, 2.45) is 0 Å². The zero-order valence-electron chi connectivity index (χ0n) is 11.4. The Kier molecular flexibility index (Phi) is 5.50. The number of amides is 2. The van der Waals surface area contributed by atoms with Crippen LogP contribution < -0.4 is 10.6 Å². The lowest BCUT2D eigenvalue weighted by Crippen LogP contribution is -2.48. The second-order valence-electron chi connectivity index (χ2n) is 4.74. The molecule has 0 aromatic carbocycles. The summed E-state index contributed by atoms with van der Waals surface area (Å²) in [5.41, 5.74) is -0.923. The predicted octanol–water partition coefficient (Wildman–Crippen LogP) is 1.14. The lowest BCUT2D eigenvalue weighted by atomic mass is 10.0. The lowest BCUT2D eigenvalue weighted by molar-refractivity contribution is -0.123. The van der Waals surface area contributed by atoms with E-state index in [0.717, 1.165) is 0 Å². The second-order valence-corrected chi connectivity index (χ2v) is 5.69. The van der Waals surface area contributed by atoms with Crippen LogP contribution in [0.5, 0.6) is 0 Å². The van der Waals surface area contributed by atoms with E-state index in [1.54, 1.807) is 31.4 Å². The van der Waals surface area contributed by atoms with Gasteiger partial charge in [0.2, 0.25) is 5.91 Å². The molecule has 1 aromatic rings. The van der Waals surface area contributed by atoms with E-state index < -0.39 is 11.6 Å². The molecular weight excluding hydrogens is 264 g/mol. The Labute approximate surface area is 117 Å². The van der Waals surface area contributed by atoms with Crippen LogP contribution in [-0.4, -0.2) is 35.1 Å². The molecule has 0 saturated heterocycles. The van der Waals surface area contributed by atoms with Crippen LogP contribution in [0, 0.1) is 0 Å². The smallest absolute Gasteiger partial charge is 0.261 e. The van der Waals surface area contributed by atoms with Crippen LogP contribution in [0.4, 0.5) is 0 Å². The van der Waals surface area contributed by atoms with Gasteiger partial charge in [0, 0.05) is 6.54 Å². The Balaban J connectivity index is 2.43. The van der Waals surface area contributed by atoms with Gasteiger partial charge in [-0.1, -0.05) is 13.0 Å². The Morgan fingerprint density at radius 1 is 1.53 bits per heavy atom. The number of hydrogen-bond acceptors (Lipinski definition) is 4. The Bertz CT molecular complexity index is 429. The standard InChI is InChI=1S/C13H20N2O3S/c1-4-13(3,18)8-14-11(16)9(2)15-12(17)10-6-5-7-19-10/h5-7,9,18H,4,8H2,1-3H3,(H,14,16)(H,15,17). The third-order valence-corrected chi connectivity index (χ3v) is 3.76. The SMILES string of the molecule is CCC(C)(O)CNC(=O)C(C)NC(=O)c1cccs1. The molecule has 6 heteroatoms. The van der Waals surface area contributed by atoms with Gasteiger partial charge in [0.05, 0.1) is 10.5 Å². The number of aliphatic hydroxyl groups is 1.